The van der Waals surface area contributed by atoms with Gasteiger partial charge in [0.05, 0.1) is 6.10 Å². The molecular formula is C13H24N2O5. The average Bonchev–Trinajstić information content (AvgIpc) is 2.37. The first-order chi connectivity index (χ1) is 9.20. The maximum Gasteiger partial charge on any atom is 0.326 e. The van der Waals surface area contributed by atoms with Crippen molar-refractivity contribution in [3.05, 3.63) is 0 Å². The SMILES string of the molecule is CCOC1CC(N)(C(=O)NC(CCO)C(=O)O)C1(C)C. The van der Waals surface area contributed by atoms with Gasteiger partial charge < -0.3 is 26.0 Å². The first-order valence-electron chi connectivity index (χ1n) is 6.75. The lowest BCUT2D eigenvalue weighted by Gasteiger charge is -2.57. The van der Waals surface area contributed by atoms with Gasteiger partial charge in [-0.05, 0) is 6.92 Å². The van der Waals surface area contributed by atoms with Crippen LogP contribution in [0, 0.1) is 5.41 Å². The molecule has 0 heterocycles. The van der Waals surface area contributed by atoms with Crippen LogP contribution < -0.4 is 11.1 Å². The number of amides is 1. The molecule has 1 aliphatic carbocycles. The van der Waals surface area contributed by atoms with E-state index in [-0.39, 0.29) is 19.1 Å². The third-order valence-electron chi connectivity index (χ3n) is 4.26. The Bertz CT molecular complexity index is 385. The fraction of sp³-hybridized carbons (Fsp3) is 0.846. The Morgan fingerprint density at radius 3 is 2.50 bits per heavy atom. The van der Waals surface area contributed by atoms with Crippen molar-refractivity contribution in [3.63, 3.8) is 0 Å². The molecule has 0 aliphatic heterocycles. The Morgan fingerprint density at radius 1 is 1.50 bits per heavy atom. The molecule has 1 saturated carbocycles. The molecule has 0 saturated heterocycles. The van der Waals surface area contributed by atoms with Crippen molar-refractivity contribution in [2.45, 2.75) is 51.3 Å². The molecule has 3 atom stereocenters. The molecule has 5 N–H and O–H groups in total. The normalized spacial score (nSPS) is 29.4. The molecule has 7 nitrogen and oxygen atoms in total. The number of aliphatic hydroxyl groups excluding tert-OH is 1. The van der Waals surface area contributed by atoms with E-state index < -0.39 is 28.9 Å². The van der Waals surface area contributed by atoms with Crippen LogP contribution in [0.2, 0.25) is 0 Å². The molecule has 1 fully saturated rings. The summed E-state index contributed by atoms with van der Waals surface area (Å²) in [7, 11) is 0. The van der Waals surface area contributed by atoms with Gasteiger partial charge in [-0.1, -0.05) is 13.8 Å². The first kappa shape index (κ1) is 16.9. The molecule has 0 spiro atoms. The third-order valence-corrected chi connectivity index (χ3v) is 4.26. The fourth-order valence-electron chi connectivity index (χ4n) is 2.49. The molecule has 20 heavy (non-hydrogen) atoms. The van der Waals surface area contributed by atoms with Crippen LogP contribution in [0.15, 0.2) is 0 Å². The smallest absolute Gasteiger partial charge is 0.326 e. The molecule has 1 amide bonds. The molecule has 1 aliphatic rings. The molecule has 7 heteroatoms. The van der Waals surface area contributed by atoms with E-state index in [1.54, 1.807) is 0 Å². The highest BCUT2D eigenvalue weighted by Crippen LogP contribution is 2.49. The van der Waals surface area contributed by atoms with Crippen LogP contribution in [0.1, 0.15) is 33.6 Å². The second-order valence-electron chi connectivity index (χ2n) is 5.72. The van der Waals surface area contributed by atoms with E-state index in [1.807, 2.05) is 20.8 Å². The van der Waals surface area contributed by atoms with E-state index in [4.69, 9.17) is 20.7 Å². The third kappa shape index (κ3) is 2.79. The molecule has 116 valence electrons. The summed E-state index contributed by atoms with van der Waals surface area (Å²) in [5.41, 5.74) is 4.41. The Morgan fingerprint density at radius 2 is 2.10 bits per heavy atom. The second-order valence-corrected chi connectivity index (χ2v) is 5.72. The van der Waals surface area contributed by atoms with E-state index in [0.717, 1.165) is 0 Å². The summed E-state index contributed by atoms with van der Waals surface area (Å²) < 4.78 is 5.52. The van der Waals surface area contributed by atoms with Crippen LogP contribution in [0.25, 0.3) is 0 Å². The average molecular weight is 288 g/mol. The van der Waals surface area contributed by atoms with Gasteiger partial charge in [-0.15, -0.1) is 0 Å². The van der Waals surface area contributed by atoms with Crippen LogP contribution in [0.3, 0.4) is 0 Å². The number of rotatable bonds is 7. The first-order valence-corrected chi connectivity index (χ1v) is 6.75. The molecule has 3 unspecified atom stereocenters. The number of hydrogen-bond donors (Lipinski definition) is 4. The van der Waals surface area contributed by atoms with Crippen LogP contribution in [-0.4, -0.2) is 53.0 Å². The van der Waals surface area contributed by atoms with E-state index in [0.29, 0.717) is 13.0 Å². The van der Waals surface area contributed by atoms with Crippen LogP contribution >= 0.6 is 0 Å². The molecule has 0 aromatic rings. The van der Waals surface area contributed by atoms with Gasteiger partial charge in [0.2, 0.25) is 5.91 Å². The summed E-state index contributed by atoms with van der Waals surface area (Å²) in [6, 6.07) is -1.13. The number of carbonyl (C=O) groups is 2. The van der Waals surface area contributed by atoms with Crippen molar-refractivity contribution in [1.29, 1.82) is 0 Å². The molecular weight excluding hydrogens is 264 g/mol. The summed E-state index contributed by atoms with van der Waals surface area (Å²) in [5, 5.41) is 20.2. The minimum Gasteiger partial charge on any atom is -0.480 e. The number of carboxylic acids is 1. The Hall–Kier alpha value is -1.18. The van der Waals surface area contributed by atoms with E-state index in [9.17, 15) is 9.59 Å². The fourth-order valence-corrected chi connectivity index (χ4v) is 2.49. The van der Waals surface area contributed by atoms with Crippen molar-refractivity contribution in [2.24, 2.45) is 11.1 Å². The number of nitrogens with two attached hydrogens (primary N) is 1. The summed E-state index contributed by atoms with van der Waals surface area (Å²) in [5.74, 6) is -1.70. The van der Waals surface area contributed by atoms with E-state index >= 15 is 0 Å². The van der Waals surface area contributed by atoms with Gasteiger partial charge in [0.1, 0.15) is 11.6 Å². The van der Waals surface area contributed by atoms with Crippen molar-refractivity contribution in [1.82, 2.24) is 5.32 Å². The van der Waals surface area contributed by atoms with Gasteiger partial charge in [-0.25, -0.2) is 4.79 Å². The summed E-state index contributed by atoms with van der Waals surface area (Å²) in [6.07, 6.45) is 0.182. The highest BCUT2D eigenvalue weighted by atomic mass is 16.5. The monoisotopic (exact) mass is 288 g/mol. The minimum atomic E-state index is -1.19. The summed E-state index contributed by atoms with van der Waals surface area (Å²) >= 11 is 0. The Kier molecular flexibility index (Phi) is 5.12. The van der Waals surface area contributed by atoms with E-state index in [1.165, 1.54) is 0 Å². The predicted octanol–water partition coefficient (Wildman–Crippen LogP) is -0.529. The maximum atomic E-state index is 12.3. The zero-order valence-electron chi connectivity index (χ0n) is 12.2. The van der Waals surface area contributed by atoms with Crippen LogP contribution in [0.4, 0.5) is 0 Å². The lowest BCUT2D eigenvalue weighted by molar-refractivity contribution is -0.172. The van der Waals surface area contributed by atoms with Gasteiger partial charge in [-0.2, -0.15) is 0 Å². The van der Waals surface area contributed by atoms with Crippen LogP contribution in [0.5, 0.6) is 0 Å². The second kappa shape index (κ2) is 6.07. The number of nitrogens with one attached hydrogen (secondary N) is 1. The molecule has 0 aromatic heterocycles. The van der Waals surface area contributed by atoms with Gasteiger partial charge in [0.15, 0.2) is 0 Å². The number of aliphatic carboxylic acids is 1. The van der Waals surface area contributed by atoms with Crippen molar-refractivity contribution >= 4 is 11.9 Å². The molecule has 0 aromatic carbocycles. The lowest BCUT2D eigenvalue weighted by Crippen LogP contribution is -2.76. The zero-order valence-corrected chi connectivity index (χ0v) is 12.2. The number of carboxylic acid groups (broad SMARTS) is 1. The minimum absolute atomic E-state index is 0.0491. The summed E-state index contributed by atoms with van der Waals surface area (Å²) in [4.78, 5) is 23.3. The Balaban J connectivity index is 2.75. The van der Waals surface area contributed by atoms with Gasteiger partial charge in [-0.3, -0.25) is 4.79 Å². The highest BCUT2D eigenvalue weighted by molar-refractivity contribution is 5.92. The molecule has 0 radical (unpaired) electrons. The van der Waals surface area contributed by atoms with E-state index in [2.05, 4.69) is 5.32 Å². The van der Waals surface area contributed by atoms with Gasteiger partial charge in [0.25, 0.3) is 0 Å². The predicted molar refractivity (Wildman–Crippen MR) is 72.0 cm³/mol. The largest absolute Gasteiger partial charge is 0.480 e. The van der Waals surface area contributed by atoms with Gasteiger partial charge in [0, 0.05) is 31.5 Å². The summed E-state index contributed by atoms with van der Waals surface area (Å²) in [6.45, 7) is 5.75. The Labute approximate surface area is 118 Å². The molecule has 0 bridgehead atoms. The van der Waals surface area contributed by atoms with Crippen molar-refractivity contribution < 1.29 is 24.5 Å². The van der Waals surface area contributed by atoms with Gasteiger partial charge >= 0.3 is 5.97 Å². The number of hydrogen-bond acceptors (Lipinski definition) is 5. The van der Waals surface area contributed by atoms with Crippen molar-refractivity contribution in [3.8, 4) is 0 Å². The lowest BCUT2D eigenvalue weighted by atomic mass is 9.54. The number of carbonyl (C=O) groups excluding carboxylic acids is 1. The zero-order chi connectivity index (χ0) is 15.6. The molecule has 1 rings (SSSR count). The quantitative estimate of drug-likeness (QED) is 0.499. The number of aliphatic hydroxyl groups is 1. The maximum absolute atomic E-state index is 12.3. The standard InChI is InChI=1S/C13H24N2O5/c1-4-20-9-7-13(14,12(9,2)3)11(19)15-8(5-6-16)10(17)18/h8-9,16H,4-7,14H2,1-3H3,(H,15,19)(H,17,18). The number of ether oxygens (including phenoxy) is 1. The highest BCUT2D eigenvalue weighted by Gasteiger charge is 2.63. The van der Waals surface area contributed by atoms with Crippen LogP contribution in [-0.2, 0) is 14.3 Å². The van der Waals surface area contributed by atoms with Crippen molar-refractivity contribution in [2.75, 3.05) is 13.2 Å². The topological polar surface area (TPSA) is 122 Å².